The Morgan fingerprint density at radius 1 is 1.15 bits per heavy atom. The number of hydrogen-bond donors (Lipinski definition) is 3. The quantitative estimate of drug-likeness (QED) is 0.727. The molecule has 2 fully saturated rings. The Labute approximate surface area is 153 Å². The fourth-order valence-corrected chi connectivity index (χ4v) is 4.02. The molecule has 0 spiro atoms. The van der Waals surface area contributed by atoms with Gasteiger partial charge in [0.25, 0.3) is 5.91 Å². The van der Waals surface area contributed by atoms with E-state index in [-0.39, 0.29) is 29.6 Å². The Morgan fingerprint density at radius 3 is 2.54 bits per heavy atom. The van der Waals surface area contributed by atoms with E-state index in [2.05, 4.69) is 10.6 Å². The maximum atomic E-state index is 12.6. The molecule has 2 saturated carbocycles. The molecule has 0 radical (unpaired) electrons. The Balaban J connectivity index is 1.63. The molecular weight excluding hydrogens is 332 g/mol. The zero-order valence-corrected chi connectivity index (χ0v) is 15.0. The second kappa shape index (κ2) is 7.89. The van der Waals surface area contributed by atoms with Crippen molar-refractivity contribution in [1.82, 2.24) is 10.6 Å². The van der Waals surface area contributed by atoms with Crippen LogP contribution in [0.1, 0.15) is 60.4 Å². The van der Waals surface area contributed by atoms with Crippen LogP contribution in [0.15, 0.2) is 24.3 Å². The summed E-state index contributed by atoms with van der Waals surface area (Å²) < 4.78 is 0. The number of rotatable bonds is 6. The van der Waals surface area contributed by atoms with Crippen molar-refractivity contribution in [2.75, 3.05) is 7.05 Å². The number of carbonyl (C=O) groups is 3. The molecule has 0 aliphatic heterocycles. The van der Waals surface area contributed by atoms with Crippen molar-refractivity contribution in [3.8, 4) is 0 Å². The van der Waals surface area contributed by atoms with Crippen LogP contribution >= 0.6 is 0 Å². The molecule has 3 N–H and O–H groups in total. The minimum Gasteiger partial charge on any atom is -0.480 e. The molecule has 0 bridgehead atoms. The Hall–Kier alpha value is -2.37. The highest BCUT2D eigenvalue weighted by Gasteiger charge is 2.45. The van der Waals surface area contributed by atoms with Gasteiger partial charge in [-0.3, -0.25) is 9.59 Å². The topological polar surface area (TPSA) is 95.5 Å². The van der Waals surface area contributed by atoms with Gasteiger partial charge in [-0.1, -0.05) is 31.4 Å². The summed E-state index contributed by atoms with van der Waals surface area (Å²) in [6.45, 7) is 0. The lowest BCUT2D eigenvalue weighted by Gasteiger charge is -2.28. The average molecular weight is 358 g/mol. The number of benzene rings is 1. The van der Waals surface area contributed by atoms with Crippen molar-refractivity contribution < 1.29 is 19.5 Å². The third-order valence-corrected chi connectivity index (χ3v) is 5.62. The molecule has 2 aliphatic carbocycles. The van der Waals surface area contributed by atoms with Gasteiger partial charge in [-0.05, 0) is 48.8 Å². The first-order valence-electron chi connectivity index (χ1n) is 9.36. The Bertz CT molecular complexity index is 697. The Kier molecular flexibility index (Phi) is 5.59. The van der Waals surface area contributed by atoms with E-state index < -0.39 is 12.0 Å². The molecule has 1 aromatic carbocycles. The maximum Gasteiger partial charge on any atom is 0.326 e. The van der Waals surface area contributed by atoms with Crippen molar-refractivity contribution >= 4 is 17.8 Å². The number of nitrogens with one attached hydrogen (secondary N) is 2. The van der Waals surface area contributed by atoms with Gasteiger partial charge in [-0.15, -0.1) is 0 Å². The zero-order chi connectivity index (χ0) is 18.7. The monoisotopic (exact) mass is 358 g/mol. The summed E-state index contributed by atoms with van der Waals surface area (Å²) in [5, 5.41) is 14.9. The standard InChI is InChI=1S/C20H26N2O4/c1-21-18(23)14-9-5-8-13(10-14)15-11-16(15)19(24)22-17(20(25)26)12-6-3-2-4-7-12/h5,8-10,12,15-17H,2-4,6-7,11H2,1H3,(H,21,23)(H,22,24)(H,25,26)/t15?,16?,17-/m0/s1. The lowest BCUT2D eigenvalue weighted by atomic mass is 9.84. The van der Waals surface area contributed by atoms with E-state index in [9.17, 15) is 19.5 Å². The largest absolute Gasteiger partial charge is 0.480 e. The molecule has 3 rings (SSSR count). The van der Waals surface area contributed by atoms with Crippen LogP contribution in [-0.2, 0) is 9.59 Å². The summed E-state index contributed by atoms with van der Waals surface area (Å²) in [6, 6.07) is 6.49. The van der Waals surface area contributed by atoms with Crippen molar-refractivity contribution in [2.24, 2.45) is 11.8 Å². The van der Waals surface area contributed by atoms with Gasteiger partial charge in [-0.25, -0.2) is 4.79 Å². The average Bonchev–Trinajstić information content (AvgIpc) is 3.47. The minimum atomic E-state index is -0.941. The van der Waals surface area contributed by atoms with Gasteiger partial charge in [0.2, 0.25) is 5.91 Å². The van der Waals surface area contributed by atoms with E-state index in [0.717, 1.165) is 37.7 Å². The van der Waals surface area contributed by atoms with Crippen LogP contribution in [0.2, 0.25) is 0 Å². The predicted molar refractivity (Wildman–Crippen MR) is 96.8 cm³/mol. The second-order valence-corrected chi connectivity index (χ2v) is 7.38. The summed E-state index contributed by atoms with van der Waals surface area (Å²) >= 11 is 0. The number of aliphatic carboxylic acids is 1. The fourth-order valence-electron chi connectivity index (χ4n) is 4.02. The van der Waals surface area contributed by atoms with Crippen molar-refractivity contribution in [3.63, 3.8) is 0 Å². The fraction of sp³-hybridized carbons (Fsp3) is 0.550. The molecule has 0 saturated heterocycles. The normalized spacial score (nSPS) is 23.7. The van der Waals surface area contributed by atoms with Crippen LogP contribution in [0, 0.1) is 11.8 Å². The van der Waals surface area contributed by atoms with Gasteiger partial charge in [-0.2, -0.15) is 0 Å². The first kappa shape index (κ1) is 18.4. The number of carbonyl (C=O) groups excluding carboxylic acids is 2. The van der Waals surface area contributed by atoms with Gasteiger partial charge in [0.15, 0.2) is 0 Å². The van der Waals surface area contributed by atoms with Crippen LogP contribution in [0.4, 0.5) is 0 Å². The lowest BCUT2D eigenvalue weighted by molar-refractivity contribution is -0.144. The molecule has 6 nitrogen and oxygen atoms in total. The molecule has 26 heavy (non-hydrogen) atoms. The van der Waals surface area contributed by atoms with Crippen molar-refractivity contribution in [3.05, 3.63) is 35.4 Å². The SMILES string of the molecule is CNC(=O)c1cccc(C2CC2C(=O)N[C@H](C(=O)O)C2CCCCC2)c1. The first-order valence-corrected chi connectivity index (χ1v) is 9.36. The number of carboxylic acids is 1. The zero-order valence-electron chi connectivity index (χ0n) is 15.0. The van der Waals surface area contributed by atoms with E-state index >= 15 is 0 Å². The smallest absolute Gasteiger partial charge is 0.326 e. The van der Waals surface area contributed by atoms with Gasteiger partial charge in [0.05, 0.1) is 0 Å². The van der Waals surface area contributed by atoms with E-state index in [0.29, 0.717) is 12.0 Å². The van der Waals surface area contributed by atoms with E-state index in [4.69, 9.17) is 0 Å². The summed E-state index contributed by atoms with van der Waals surface area (Å²) in [5.41, 5.74) is 1.53. The lowest BCUT2D eigenvalue weighted by Crippen LogP contribution is -2.47. The molecule has 1 aromatic rings. The summed E-state index contributed by atoms with van der Waals surface area (Å²) in [7, 11) is 1.58. The molecule has 6 heteroatoms. The summed E-state index contributed by atoms with van der Waals surface area (Å²) in [5.74, 6) is -1.40. The third-order valence-electron chi connectivity index (χ3n) is 5.62. The molecule has 2 aliphatic rings. The second-order valence-electron chi connectivity index (χ2n) is 7.38. The van der Waals surface area contributed by atoms with Gasteiger partial charge < -0.3 is 15.7 Å². The maximum absolute atomic E-state index is 12.6. The van der Waals surface area contributed by atoms with Crippen LogP contribution in [0.5, 0.6) is 0 Å². The molecule has 3 atom stereocenters. The Morgan fingerprint density at radius 2 is 1.88 bits per heavy atom. The van der Waals surface area contributed by atoms with Gasteiger partial charge >= 0.3 is 5.97 Å². The minimum absolute atomic E-state index is 0.0268. The summed E-state index contributed by atoms with van der Waals surface area (Å²) in [6.07, 6.45) is 5.62. The van der Waals surface area contributed by atoms with E-state index in [1.807, 2.05) is 18.2 Å². The van der Waals surface area contributed by atoms with Gasteiger partial charge in [0, 0.05) is 18.5 Å². The molecule has 0 heterocycles. The van der Waals surface area contributed by atoms with Crippen LogP contribution < -0.4 is 10.6 Å². The molecule has 140 valence electrons. The number of amides is 2. The van der Waals surface area contributed by atoms with E-state index in [1.165, 1.54) is 0 Å². The molecule has 0 aromatic heterocycles. The van der Waals surface area contributed by atoms with Crippen LogP contribution in [0.25, 0.3) is 0 Å². The molecule has 2 unspecified atom stereocenters. The highest BCUT2D eigenvalue weighted by molar-refractivity contribution is 5.94. The molecular formula is C20H26N2O4. The van der Waals surface area contributed by atoms with Crippen LogP contribution in [0.3, 0.4) is 0 Å². The van der Waals surface area contributed by atoms with Gasteiger partial charge in [0.1, 0.15) is 6.04 Å². The highest BCUT2D eigenvalue weighted by atomic mass is 16.4. The number of hydrogen-bond acceptors (Lipinski definition) is 3. The van der Waals surface area contributed by atoms with Crippen LogP contribution in [-0.4, -0.2) is 36.0 Å². The summed E-state index contributed by atoms with van der Waals surface area (Å²) in [4.78, 5) is 36.0. The first-order chi connectivity index (χ1) is 12.5. The highest BCUT2D eigenvalue weighted by Crippen LogP contribution is 2.47. The van der Waals surface area contributed by atoms with E-state index in [1.54, 1.807) is 13.1 Å². The van der Waals surface area contributed by atoms with Crippen molar-refractivity contribution in [1.29, 1.82) is 0 Å². The number of carboxylic acid groups (broad SMARTS) is 1. The predicted octanol–water partition coefficient (Wildman–Crippen LogP) is 2.30. The van der Waals surface area contributed by atoms with Crippen molar-refractivity contribution in [2.45, 2.75) is 50.5 Å². The third kappa shape index (κ3) is 4.06. The molecule has 2 amide bonds.